The zero-order chi connectivity index (χ0) is 15.4. The molecule has 0 aliphatic carbocycles. The number of aliphatic hydroxyl groups excluding tert-OH is 1. The molecule has 2 aromatic carbocycles. The van der Waals surface area contributed by atoms with Gasteiger partial charge >= 0.3 is 0 Å². The number of amides is 1. The molecule has 1 amide bonds. The van der Waals surface area contributed by atoms with E-state index in [4.69, 9.17) is 5.73 Å². The van der Waals surface area contributed by atoms with Crippen LogP contribution in [0.3, 0.4) is 0 Å². The average Bonchev–Trinajstić information content (AvgIpc) is 2.50. The van der Waals surface area contributed by atoms with Gasteiger partial charge in [-0.15, -0.1) is 12.4 Å². The highest BCUT2D eigenvalue weighted by Gasteiger charge is 2.18. The Kier molecular flexibility index (Phi) is 6.81. The summed E-state index contributed by atoms with van der Waals surface area (Å²) >= 11 is 0. The van der Waals surface area contributed by atoms with Crippen LogP contribution in [0.2, 0.25) is 0 Å². The van der Waals surface area contributed by atoms with Crippen molar-refractivity contribution in [1.82, 2.24) is 5.32 Å². The number of rotatable bonds is 5. The molecule has 0 aliphatic heterocycles. The third kappa shape index (κ3) is 4.44. The number of aliphatic hydroxyl groups is 1. The largest absolute Gasteiger partial charge is 0.387 e. The van der Waals surface area contributed by atoms with Gasteiger partial charge in [-0.05, 0) is 28.3 Å². The first-order valence-corrected chi connectivity index (χ1v) is 7.19. The van der Waals surface area contributed by atoms with Crippen LogP contribution in [0.15, 0.2) is 42.5 Å². The maximum absolute atomic E-state index is 11.8. The van der Waals surface area contributed by atoms with Crippen molar-refractivity contribution in [3.05, 3.63) is 48.0 Å². The molecule has 0 radical (unpaired) electrons. The first-order chi connectivity index (χ1) is 9.99. The lowest BCUT2D eigenvalue weighted by molar-refractivity contribution is -0.123. The fraction of sp³-hybridized carbons (Fsp3) is 0.353. The summed E-state index contributed by atoms with van der Waals surface area (Å²) in [5, 5.41) is 15.1. The van der Waals surface area contributed by atoms with Gasteiger partial charge in [-0.25, -0.2) is 0 Å². The van der Waals surface area contributed by atoms with Crippen LogP contribution in [0.4, 0.5) is 0 Å². The Hall–Kier alpha value is -1.62. The fourth-order valence-corrected chi connectivity index (χ4v) is 2.15. The number of nitrogens with two attached hydrogens (primary N) is 1. The van der Waals surface area contributed by atoms with Crippen LogP contribution >= 0.6 is 12.4 Å². The van der Waals surface area contributed by atoms with Crippen LogP contribution in [-0.2, 0) is 4.79 Å². The monoisotopic (exact) mass is 322 g/mol. The Morgan fingerprint density at radius 1 is 1.18 bits per heavy atom. The second-order valence-corrected chi connectivity index (χ2v) is 5.64. The van der Waals surface area contributed by atoms with Crippen molar-refractivity contribution < 1.29 is 9.90 Å². The van der Waals surface area contributed by atoms with Gasteiger partial charge in [0.1, 0.15) is 0 Å². The first kappa shape index (κ1) is 18.4. The number of halogens is 1. The maximum Gasteiger partial charge on any atom is 0.237 e. The van der Waals surface area contributed by atoms with Gasteiger partial charge in [-0.1, -0.05) is 50.2 Å². The molecule has 0 aromatic heterocycles. The molecule has 2 aromatic rings. The molecule has 0 spiro atoms. The average molecular weight is 323 g/mol. The van der Waals surface area contributed by atoms with Gasteiger partial charge in [-0.3, -0.25) is 4.79 Å². The topological polar surface area (TPSA) is 75.4 Å². The quantitative estimate of drug-likeness (QED) is 0.791. The molecule has 5 heteroatoms. The van der Waals surface area contributed by atoms with Gasteiger partial charge < -0.3 is 16.2 Å². The summed E-state index contributed by atoms with van der Waals surface area (Å²) in [4.78, 5) is 11.8. The van der Waals surface area contributed by atoms with Crippen molar-refractivity contribution in [2.75, 3.05) is 6.54 Å². The number of hydrogen-bond acceptors (Lipinski definition) is 3. The molecular weight excluding hydrogens is 300 g/mol. The molecule has 2 atom stereocenters. The van der Waals surface area contributed by atoms with Crippen LogP contribution in [0.25, 0.3) is 10.8 Å². The second-order valence-electron chi connectivity index (χ2n) is 5.64. The second kappa shape index (κ2) is 8.13. The number of fused-ring (bicyclic) bond motifs is 1. The summed E-state index contributed by atoms with van der Waals surface area (Å²) in [7, 11) is 0. The van der Waals surface area contributed by atoms with Crippen molar-refractivity contribution in [1.29, 1.82) is 0 Å². The third-order valence-corrected chi connectivity index (χ3v) is 3.65. The highest BCUT2D eigenvalue weighted by atomic mass is 35.5. The Balaban J connectivity index is 0.00000242. The minimum Gasteiger partial charge on any atom is -0.387 e. The van der Waals surface area contributed by atoms with Gasteiger partial charge in [0, 0.05) is 6.54 Å². The molecule has 1 unspecified atom stereocenters. The molecule has 0 bridgehead atoms. The molecule has 0 saturated heterocycles. The summed E-state index contributed by atoms with van der Waals surface area (Å²) in [5.41, 5.74) is 6.55. The molecule has 22 heavy (non-hydrogen) atoms. The van der Waals surface area contributed by atoms with Crippen LogP contribution in [0.1, 0.15) is 25.5 Å². The number of carbonyl (C=O) groups excluding carboxylic acids is 1. The van der Waals surface area contributed by atoms with Gasteiger partial charge in [0.05, 0.1) is 12.1 Å². The summed E-state index contributed by atoms with van der Waals surface area (Å²) in [6, 6.07) is 13.2. The van der Waals surface area contributed by atoms with Crippen LogP contribution in [-0.4, -0.2) is 23.6 Å². The fourth-order valence-electron chi connectivity index (χ4n) is 2.15. The van der Waals surface area contributed by atoms with Crippen molar-refractivity contribution in [2.45, 2.75) is 26.0 Å². The Morgan fingerprint density at radius 3 is 2.45 bits per heavy atom. The van der Waals surface area contributed by atoms with E-state index in [0.29, 0.717) is 0 Å². The zero-order valence-electron chi connectivity index (χ0n) is 12.8. The van der Waals surface area contributed by atoms with E-state index >= 15 is 0 Å². The Bertz CT molecular complexity index is 631. The molecule has 0 fully saturated rings. The summed E-state index contributed by atoms with van der Waals surface area (Å²) in [6.45, 7) is 3.95. The summed E-state index contributed by atoms with van der Waals surface area (Å²) in [6.07, 6.45) is -0.738. The minimum atomic E-state index is -0.738. The van der Waals surface area contributed by atoms with E-state index in [1.54, 1.807) is 0 Å². The third-order valence-electron chi connectivity index (χ3n) is 3.65. The lowest BCUT2D eigenvalue weighted by atomic mass is 10.0. The molecule has 0 heterocycles. The highest BCUT2D eigenvalue weighted by molar-refractivity contribution is 5.85. The van der Waals surface area contributed by atoms with Crippen LogP contribution < -0.4 is 11.1 Å². The van der Waals surface area contributed by atoms with E-state index in [1.807, 2.05) is 56.3 Å². The SMILES string of the molecule is CC(C)[C@H](N)C(=O)NCC(O)c1ccc2ccccc2c1.Cl. The molecule has 4 N–H and O–H groups in total. The van der Waals surface area contributed by atoms with Crippen molar-refractivity contribution in [3.63, 3.8) is 0 Å². The number of nitrogens with one attached hydrogen (secondary N) is 1. The first-order valence-electron chi connectivity index (χ1n) is 7.19. The van der Waals surface area contributed by atoms with E-state index < -0.39 is 12.1 Å². The molecule has 2 rings (SSSR count). The van der Waals surface area contributed by atoms with Crippen LogP contribution in [0.5, 0.6) is 0 Å². The smallest absolute Gasteiger partial charge is 0.237 e. The van der Waals surface area contributed by atoms with Crippen molar-refractivity contribution in [2.24, 2.45) is 11.7 Å². The lowest BCUT2D eigenvalue weighted by Gasteiger charge is -2.18. The molecule has 120 valence electrons. The normalized spacial score (nSPS) is 13.5. The lowest BCUT2D eigenvalue weighted by Crippen LogP contribution is -2.45. The predicted molar refractivity (Wildman–Crippen MR) is 92.0 cm³/mol. The Morgan fingerprint density at radius 2 is 1.82 bits per heavy atom. The van der Waals surface area contributed by atoms with Gasteiger partial charge in [0.15, 0.2) is 0 Å². The molecule has 0 aliphatic rings. The van der Waals surface area contributed by atoms with Crippen molar-refractivity contribution in [3.8, 4) is 0 Å². The molecule has 4 nitrogen and oxygen atoms in total. The van der Waals surface area contributed by atoms with Gasteiger partial charge in [0.2, 0.25) is 5.91 Å². The standard InChI is InChI=1S/C17H22N2O2.ClH/c1-11(2)16(18)17(21)19-10-15(20)14-8-7-12-5-3-4-6-13(12)9-14;/h3-9,11,15-16,20H,10,18H2,1-2H3,(H,19,21);1H/t15?,16-;/m0./s1. The van der Waals surface area contributed by atoms with E-state index in [0.717, 1.165) is 16.3 Å². The van der Waals surface area contributed by atoms with E-state index in [-0.39, 0.29) is 30.8 Å². The number of hydrogen-bond donors (Lipinski definition) is 3. The Labute approximate surface area is 137 Å². The maximum atomic E-state index is 11.8. The highest BCUT2D eigenvalue weighted by Crippen LogP contribution is 2.20. The minimum absolute atomic E-state index is 0. The molecule has 0 saturated carbocycles. The van der Waals surface area contributed by atoms with E-state index in [9.17, 15) is 9.90 Å². The summed E-state index contributed by atoms with van der Waals surface area (Å²) in [5.74, 6) is -0.160. The van der Waals surface area contributed by atoms with Gasteiger partial charge in [-0.2, -0.15) is 0 Å². The van der Waals surface area contributed by atoms with Crippen molar-refractivity contribution >= 4 is 29.1 Å². The summed E-state index contributed by atoms with van der Waals surface area (Å²) < 4.78 is 0. The predicted octanol–water partition coefficient (Wildman–Crippen LogP) is 2.39. The van der Waals surface area contributed by atoms with E-state index in [2.05, 4.69) is 5.32 Å². The number of benzene rings is 2. The van der Waals surface area contributed by atoms with E-state index in [1.165, 1.54) is 0 Å². The van der Waals surface area contributed by atoms with Gasteiger partial charge in [0.25, 0.3) is 0 Å². The zero-order valence-corrected chi connectivity index (χ0v) is 13.6. The number of carbonyl (C=O) groups is 1. The molecular formula is C17H23ClN2O2. The van der Waals surface area contributed by atoms with Crippen LogP contribution in [0, 0.1) is 5.92 Å².